The molecule has 0 spiro atoms. The van der Waals surface area contributed by atoms with E-state index < -0.39 is 0 Å². The lowest BCUT2D eigenvalue weighted by molar-refractivity contribution is 0.242. The number of aromatic nitrogens is 2. The van der Waals surface area contributed by atoms with Crippen LogP contribution in [0.5, 0.6) is 0 Å². The van der Waals surface area contributed by atoms with Crippen molar-refractivity contribution in [1.82, 2.24) is 15.3 Å². The Balaban J connectivity index is 1.34. The van der Waals surface area contributed by atoms with Crippen LogP contribution in [0.2, 0.25) is 0 Å². The van der Waals surface area contributed by atoms with E-state index in [4.69, 9.17) is 9.97 Å². The fraction of sp³-hybridized carbons (Fsp3) is 0.276. The maximum absolute atomic E-state index is 13.1. The number of nitrogens with zero attached hydrogens (tertiary/aromatic N) is 4. The molecule has 0 bridgehead atoms. The first-order chi connectivity index (χ1) is 18.0. The van der Waals surface area contributed by atoms with Crippen molar-refractivity contribution >= 4 is 40.1 Å². The molecule has 0 radical (unpaired) electrons. The van der Waals surface area contributed by atoms with Gasteiger partial charge in [-0.25, -0.2) is 14.2 Å². The first-order valence-electron chi connectivity index (χ1n) is 12.6. The molecule has 2 amide bonds. The molecule has 1 heterocycles. The smallest absolute Gasteiger partial charge is 0.319 e. The molecule has 7 nitrogen and oxygen atoms in total. The van der Waals surface area contributed by atoms with E-state index in [1.165, 1.54) is 12.1 Å². The van der Waals surface area contributed by atoms with Gasteiger partial charge in [-0.2, -0.15) is 4.98 Å². The van der Waals surface area contributed by atoms with Gasteiger partial charge in [0.1, 0.15) is 11.6 Å². The van der Waals surface area contributed by atoms with E-state index >= 15 is 0 Å². The molecule has 0 atom stereocenters. The highest BCUT2D eigenvalue weighted by Crippen LogP contribution is 2.35. The molecule has 1 aliphatic carbocycles. The van der Waals surface area contributed by atoms with Crippen LogP contribution in [0.1, 0.15) is 25.7 Å². The van der Waals surface area contributed by atoms with Crippen molar-refractivity contribution in [3.63, 3.8) is 0 Å². The number of carbonyl (C=O) groups is 1. The van der Waals surface area contributed by atoms with E-state index in [0.29, 0.717) is 11.6 Å². The number of halogens is 1. The fourth-order valence-corrected chi connectivity index (χ4v) is 4.94. The first kappa shape index (κ1) is 24.5. The number of urea groups is 1. The van der Waals surface area contributed by atoms with Crippen molar-refractivity contribution in [2.45, 2.75) is 37.8 Å². The normalized spacial score (nSPS) is 17.3. The van der Waals surface area contributed by atoms with E-state index in [2.05, 4.69) is 33.7 Å². The summed E-state index contributed by atoms with van der Waals surface area (Å²) in [6, 6.07) is 24.1. The molecule has 1 fully saturated rings. The fourth-order valence-electron chi connectivity index (χ4n) is 4.94. The maximum atomic E-state index is 13.1. The van der Waals surface area contributed by atoms with E-state index in [9.17, 15) is 9.18 Å². The van der Waals surface area contributed by atoms with E-state index in [1.807, 2.05) is 55.4 Å². The molecule has 0 unspecified atom stereocenters. The molecule has 5 rings (SSSR count). The molecular formula is C29H31FN6O. The van der Waals surface area contributed by atoms with Gasteiger partial charge in [0.15, 0.2) is 0 Å². The number of hydrogen-bond donors (Lipinski definition) is 2. The Bertz CT molecular complexity index is 1350. The number of benzene rings is 3. The minimum atomic E-state index is -0.333. The van der Waals surface area contributed by atoms with Crippen LogP contribution in [0, 0.1) is 5.82 Å². The molecule has 3 aromatic carbocycles. The lowest BCUT2D eigenvalue weighted by Gasteiger charge is -2.37. The summed E-state index contributed by atoms with van der Waals surface area (Å²) >= 11 is 0. The Kier molecular flexibility index (Phi) is 7.16. The van der Waals surface area contributed by atoms with Gasteiger partial charge >= 0.3 is 6.03 Å². The molecule has 0 aliphatic heterocycles. The number of anilines is 4. The molecule has 1 aliphatic rings. The van der Waals surface area contributed by atoms with Crippen LogP contribution in [0.4, 0.5) is 32.3 Å². The number of carbonyl (C=O) groups excluding carboxylic acids is 1. The summed E-state index contributed by atoms with van der Waals surface area (Å²) in [7, 11) is 4.00. The van der Waals surface area contributed by atoms with Crippen molar-refractivity contribution in [2.24, 2.45) is 0 Å². The number of nitrogens with one attached hydrogen (secondary N) is 2. The van der Waals surface area contributed by atoms with Crippen LogP contribution < -0.4 is 20.4 Å². The summed E-state index contributed by atoms with van der Waals surface area (Å²) in [6.45, 7) is 0. The highest BCUT2D eigenvalue weighted by molar-refractivity contribution is 5.91. The summed E-state index contributed by atoms with van der Waals surface area (Å²) in [5, 5.41) is 6.87. The van der Waals surface area contributed by atoms with Crippen LogP contribution in [-0.4, -0.2) is 42.2 Å². The minimum Gasteiger partial charge on any atom is -0.362 e. The van der Waals surface area contributed by atoms with Crippen LogP contribution in [-0.2, 0) is 0 Å². The molecular weight excluding hydrogens is 467 g/mol. The third kappa shape index (κ3) is 5.63. The predicted molar refractivity (Wildman–Crippen MR) is 147 cm³/mol. The van der Waals surface area contributed by atoms with Crippen LogP contribution in [0.25, 0.3) is 10.9 Å². The number of fused-ring (bicyclic) bond motifs is 1. The third-order valence-electron chi connectivity index (χ3n) is 6.74. The molecule has 0 saturated heterocycles. The maximum Gasteiger partial charge on any atom is 0.319 e. The Hall–Kier alpha value is -4.20. The number of amides is 2. The first-order valence-corrected chi connectivity index (χ1v) is 12.6. The molecule has 1 aromatic heterocycles. The average Bonchev–Trinajstić information content (AvgIpc) is 2.91. The van der Waals surface area contributed by atoms with Crippen molar-refractivity contribution in [3.8, 4) is 0 Å². The van der Waals surface area contributed by atoms with E-state index in [-0.39, 0.29) is 23.9 Å². The number of rotatable bonds is 6. The molecule has 4 aromatic rings. The van der Waals surface area contributed by atoms with Gasteiger partial charge in [-0.15, -0.1) is 0 Å². The standard InChI is InChI=1S/C29H31FN6O/c1-35(2)27-25-10-6-7-11-26(25)33-28(34-27)36(23-8-4-3-5-9-23)24-18-16-22(17-19-24)32-29(37)31-21-14-12-20(30)13-15-21/h3-15,22,24H,16-19H2,1-2H3,(H2,31,32,37). The van der Waals surface area contributed by atoms with Crippen molar-refractivity contribution in [1.29, 1.82) is 0 Å². The highest BCUT2D eigenvalue weighted by atomic mass is 19.1. The summed E-state index contributed by atoms with van der Waals surface area (Å²) < 4.78 is 13.1. The van der Waals surface area contributed by atoms with Gasteiger partial charge in [0.2, 0.25) is 5.95 Å². The van der Waals surface area contributed by atoms with Crippen LogP contribution in [0.3, 0.4) is 0 Å². The lowest BCUT2D eigenvalue weighted by Crippen LogP contribution is -2.44. The monoisotopic (exact) mass is 498 g/mol. The topological polar surface area (TPSA) is 73.4 Å². The van der Waals surface area contributed by atoms with Crippen molar-refractivity contribution < 1.29 is 9.18 Å². The number of hydrogen-bond acceptors (Lipinski definition) is 5. The Morgan fingerprint density at radius 3 is 2.24 bits per heavy atom. The summed E-state index contributed by atoms with van der Waals surface area (Å²) in [6.07, 6.45) is 3.42. The minimum absolute atomic E-state index is 0.0594. The second-order valence-corrected chi connectivity index (χ2v) is 9.58. The van der Waals surface area contributed by atoms with Gasteiger partial charge in [-0.05, 0) is 74.2 Å². The highest BCUT2D eigenvalue weighted by Gasteiger charge is 2.30. The van der Waals surface area contributed by atoms with Crippen LogP contribution in [0.15, 0.2) is 78.9 Å². The molecule has 37 heavy (non-hydrogen) atoms. The lowest BCUT2D eigenvalue weighted by atomic mass is 9.90. The summed E-state index contributed by atoms with van der Waals surface area (Å²) in [5.41, 5.74) is 2.52. The van der Waals surface area contributed by atoms with Crippen molar-refractivity contribution in [2.75, 3.05) is 29.2 Å². The average molecular weight is 499 g/mol. The SMILES string of the molecule is CN(C)c1nc(N(c2ccccc2)C2CCC(NC(=O)Nc3ccc(F)cc3)CC2)nc2ccccc12. The molecule has 8 heteroatoms. The second kappa shape index (κ2) is 10.8. The molecule has 1 saturated carbocycles. The van der Waals surface area contributed by atoms with E-state index in [1.54, 1.807) is 12.1 Å². The van der Waals surface area contributed by atoms with Gasteiger partial charge in [-0.3, -0.25) is 0 Å². The quantitative estimate of drug-likeness (QED) is 0.336. The van der Waals surface area contributed by atoms with Crippen molar-refractivity contribution in [3.05, 3.63) is 84.7 Å². The summed E-state index contributed by atoms with van der Waals surface area (Å²) in [4.78, 5) is 26.7. The zero-order valence-electron chi connectivity index (χ0n) is 21.1. The Morgan fingerprint density at radius 2 is 1.54 bits per heavy atom. The van der Waals surface area contributed by atoms with Gasteiger partial charge < -0.3 is 20.4 Å². The molecule has 190 valence electrons. The van der Waals surface area contributed by atoms with E-state index in [0.717, 1.165) is 48.1 Å². The number of para-hydroxylation sites is 2. The zero-order chi connectivity index (χ0) is 25.8. The van der Waals surface area contributed by atoms with Crippen LogP contribution >= 0.6 is 0 Å². The zero-order valence-corrected chi connectivity index (χ0v) is 21.1. The summed E-state index contributed by atoms with van der Waals surface area (Å²) in [5.74, 6) is 1.23. The predicted octanol–water partition coefficient (Wildman–Crippen LogP) is 6.11. The Morgan fingerprint density at radius 1 is 0.865 bits per heavy atom. The second-order valence-electron chi connectivity index (χ2n) is 9.58. The molecule has 2 N–H and O–H groups in total. The van der Waals surface area contributed by atoms with Gasteiger partial charge in [0.25, 0.3) is 0 Å². The third-order valence-corrected chi connectivity index (χ3v) is 6.74. The van der Waals surface area contributed by atoms with Gasteiger partial charge in [0, 0.05) is 42.9 Å². The Labute approximate surface area is 216 Å². The van der Waals surface area contributed by atoms with Gasteiger partial charge in [0.05, 0.1) is 5.52 Å². The van der Waals surface area contributed by atoms with Gasteiger partial charge in [-0.1, -0.05) is 30.3 Å². The largest absolute Gasteiger partial charge is 0.362 e.